The van der Waals surface area contributed by atoms with Gasteiger partial charge in [0.2, 0.25) is 0 Å². The third kappa shape index (κ3) is 2.87. The fourth-order valence-corrected chi connectivity index (χ4v) is 4.90. The average molecular weight is 276 g/mol. The van der Waals surface area contributed by atoms with E-state index in [2.05, 4.69) is 0 Å². The Morgan fingerprint density at radius 2 is 1.67 bits per heavy atom. The van der Waals surface area contributed by atoms with Gasteiger partial charge in [0, 0.05) is 25.7 Å². The lowest BCUT2D eigenvalue weighted by molar-refractivity contribution is -0.0459. The molecule has 2 aliphatic heterocycles. The Kier molecular flexibility index (Phi) is 4.31. The molecular formula is C12H24N2O3S. The first kappa shape index (κ1) is 14.2. The molecule has 0 aliphatic carbocycles. The first-order valence-electron chi connectivity index (χ1n) is 6.83. The SMILES string of the molecule is C[C@@H]1CN(S(=O)(=O)N2CCCC[C@@H]2C)C[C@@H](C)O1. The van der Waals surface area contributed by atoms with E-state index in [4.69, 9.17) is 4.74 Å². The Labute approximate surface area is 110 Å². The normalized spacial score (nSPS) is 36.7. The van der Waals surface area contributed by atoms with Crippen LogP contribution in [0.5, 0.6) is 0 Å². The molecule has 0 spiro atoms. The van der Waals surface area contributed by atoms with Crippen molar-refractivity contribution < 1.29 is 13.2 Å². The molecule has 0 aromatic carbocycles. The van der Waals surface area contributed by atoms with Gasteiger partial charge in [-0.05, 0) is 33.6 Å². The minimum Gasteiger partial charge on any atom is -0.373 e. The molecule has 0 radical (unpaired) electrons. The van der Waals surface area contributed by atoms with Gasteiger partial charge in [-0.3, -0.25) is 0 Å². The summed E-state index contributed by atoms with van der Waals surface area (Å²) in [6, 6.07) is 0.122. The second-order valence-electron chi connectivity index (χ2n) is 5.54. The smallest absolute Gasteiger partial charge is 0.282 e. The maximum absolute atomic E-state index is 12.6. The van der Waals surface area contributed by atoms with Gasteiger partial charge in [-0.15, -0.1) is 0 Å². The highest BCUT2D eigenvalue weighted by Gasteiger charge is 2.38. The van der Waals surface area contributed by atoms with E-state index in [1.807, 2.05) is 20.8 Å². The van der Waals surface area contributed by atoms with Crippen LogP contribution in [0.2, 0.25) is 0 Å². The molecule has 0 aromatic heterocycles. The summed E-state index contributed by atoms with van der Waals surface area (Å²) in [6.45, 7) is 7.45. The Balaban J connectivity index is 2.14. The number of hydrogen-bond donors (Lipinski definition) is 0. The summed E-state index contributed by atoms with van der Waals surface area (Å²) in [7, 11) is -3.31. The largest absolute Gasteiger partial charge is 0.373 e. The molecule has 2 fully saturated rings. The molecule has 5 nitrogen and oxygen atoms in total. The number of rotatable bonds is 2. The molecular weight excluding hydrogens is 252 g/mol. The molecule has 0 N–H and O–H groups in total. The lowest BCUT2D eigenvalue weighted by Gasteiger charge is -2.40. The zero-order valence-electron chi connectivity index (χ0n) is 11.5. The minimum absolute atomic E-state index is 0.0244. The van der Waals surface area contributed by atoms with Crippen LogP contribution in [-0.4, -0.2) is 54.9 Å². The number of hydrogen-bond acceptors (Lipinski definition) is 3. The van der Waals surface area contributed by atoms with Crippen LogP contribution in [0, 0.1) is 0 Å². The molecule has 18 heavy (non-hydrogen) atoms. The van der Waals surface area contributed by atoms with Gasteiger partial charge in [-0.1, -0.05) is 6.42 Å². The first-order valence-corrected chi connectivity index (χ1v) is 8.23. The molecule has 2 rings (SSSR count). The van der Waals surface area contributed by atoms with Crippen LogP contribution in [0.3, 0.4) is 0 Å². The molecule has 0 unspecified atom stereocenters. The van der Waals surface area contributed by atoms with Gasteiger partial charge in [0.1, 0.15) is 0 Å². The number of ether oxygens (including phenoxy) is 1. The highest BCUT2D eigenvalue weighted by Crippen LogP contribution is 2.24. The lowest BCUT2D eigenvalue weighted by Crippen LogP contribution is -2.55. The quantitative estimate of drug-likeness (QED) is 0.762. The molecule has 0 bridgehead atoms. The fourth-order valence-electron chi connectivity index (χ4n) is 2.88. The van der Waals surface area contributed by atoms with Crippen molar-refractivity contribution in [3.05, 3.63) is 0 Å². The van der Waals surface area contributed by atoms with Crippen molar-refractivity contribution in [1.82, 2.24) is 8.61 Å². The molecule has 6 heteroatoms. The van der Waals surface area contributed by atoms with Crippen molar-refractivity contribution in [3.63, 3.8) is 0 Å². The van der Waals surface area contributed by atoms with Crippen molar-refractivity contribution in [3.8, 4) is 0 Å². The standard InChI is InChI=1S/C12H24N2O3S/c1-10-6-4-5-7-14(10)18(15,16)13-8-11(2)17-12(3)9-13/h10-12H,4-9H2,1-3H3/t10-,11+,12+/m0/s1. The second-order valence-corrected chi connectivity index (χ2v) is 7.42. The van der Waals surface area contributed by atoms with Crippen LogP contribution in [0.1, 0.15) is 40.0 Å². The van der Waals surface area contributed by atoms with Crippen LogP contribution in [0.4, 0.5) is 0 Å². The van der Waals surface area contributed by atoms with Crippen LogP contribution < -0.4 is 0 Å². The molecule has 0 saturated carbocycles. The van der Waals surface area contributed by atoms with Crippen LogP contribution in [0.25, 0.3) is 0 Å². The highest BCUT2D eigenvalue weighted by molar-refractivity contribution is 7.86. The first-order chi connectivity index (χ1) is 8.41. The third-order valence-electron chi connectivity index (χ3n) is 3.75. The Bertz CT molecular complexity index is 375. The van der Waals surface area contributed by atoms with E-state index < -0.39 is 10.2 Å². The average Bonchev–Trinajstić information content (AvgIpc) is 2.28. The number of piperidine rings is 1. The van der Waals surface area contributed by atoms with Crippen molar-refractivity contribution >= 4 is 10.2 Å². The lowest BCUT2D eigenvalue weighted by atomic mass is 10.1. The second kappa shape index (κ2) is 5.45. The summed E-state index contributed by atoms with van der Waals surface area (Å²) in [5.74, 6) is 0. The predicted octanol–water partition coefficient (Wildman–Crippen LogP) is 1.21. The van der Waals surface area contributed by atoms with Gasteiger partial charge < -0.3 is 4.74 Å². The van der Waals surface area contributed by atoms with Gasteiger partial charge in [0.25, 0.3) is 10.2 Å². The van der Waals surface area contributed by atoms with Crippen LogP contribution in [0.15, 0.2) is 0 Å². The molecule has 2 heterocycles. The van der Waals surface area contributed by atoms with Gasteiger partial charge in [0.15, 0.2) is 0 Å². The van der Waals surface area contributed by atoms with E-state index in [0.717, 1.165) is 19.3 Å². The van der Waals surface area contributed by atoms with E-state index in [0.29, 0.717) is 19.6 Å². The topological polar surface area (TPSA) is 49.9 Å². The van der Waals surface area contributed by atoms with Gasteiger partial charge in [-0.2, -0.15) is 17.0 Å². The van der Waals surface area contributed by atoms with Crippen LogP contribution >= 0.6 is 0 Å². The van der Waals surface area contributed by atoms with Crippen molar-refractivity contribution in [2.24, 2.45) is 0 Å². The summed E-state index contributed by atoms with van der Waals surface area (Å²) in [6.07, 6.45) is 3.02. The monoisotopic (exact) mass is 276 g/mol. The Hall–Kier alpha value is -0.170. The van der Waals surface area contributed by atoms with E-state index in [-0.39, 0.29) is 18.2 Å². The summed E-state index contributed by atoms with van der Waals surface area (Å²) in [4.78, 5) is 0. The van der Waals surface area contributed by atoms with Gasteiger partial charge >= 0.3 is 0 Å². The van der Waals surface area contributed by atoms with Crippen LogP contribution in [-0.2, 0) is 14.9 Å². The summed E-state index contributed by atoms with van der Waals surface area (Å²) in [5.41, 5.74) is 0. The Morgan fingerprint density at radius 1 is 1.06 bits per heavy atom. The van der Waals surface area contributed by atoms with Gasteiger partial charge in [-0.25, -0.2) is 0 Å². The molecule has 0 aromatic rings. The minimum atomic E-state index is -3.31. The summed E-state index contributed by atoms with van der Waals surface area (Å²) >= 11 is 0. The maximum atomic E-state index is 12.6. The summed E-state index contributed by atoms with van der Waals surface area (Å²) < 4.78 is 34.1. The van der Waals surface area contributed by atoms with Gasteiger partial charge in [0.05, 0.1) is 12.2 Å². The summed E-state index contributed by atoms with van der Waals surface area (Å²) in [5, 5.41) is 0. The van der Waals surface area contributed by atoms with E-state index in [1.165, 1.54) is 0 Å². The molecule has 2 aliphatic rings. The highest BCUT2D eigenvalue weighted by atomic mass is 32.2. The fraction of sp³-hybridized carbons (Fsp3) is 1.00. The predicted molar refractivity (Wildman–Crippen MR) is 70.5 cm³/mol. The molecule has 2 saturated heterocycles. The molecule has 106 valence electrons. The van der Waals surface area contributed by atoms with Crippen molar-refractivity contribution in [1.29, 1.82) is 0 Å². The number of nitrogens with zero attached hydrogens (tertiary/aromatic N) is 2. The molecule has 0 amide bonds. The van der Waals surface area contributed by atoms with E-state index >= 15 is 0 Å². The van der Waals surface area contributed by atoms with E-state index in [9.17, 15) is 8.42 Å². The van der Waals surface area contributed by atoms with Crippen molar-refractivity contribution in [2.45, 2.75) is 58.3 Å². The van der Waals surface area contributed by atoms with E-state index in [1.54, 1.807) is 8.61 Å². The van der Waals surface area contributed by atoms with Crippen molar-refractivity contribution in [2.75, 3.05) is 19.6 Å². The number of morpholine rings is 1. The third-order valence-corrected chi connectivity index (χ3v) is 5.84. The zero-order valence-corrected chi connectivity index (χ0v) is 12.3. The Morgan fingerprint density at radius 3 is 2.22 bits per heavy atom. The molecule has 3 atom stereocenters. The maximum Gasteiger partial charge on any atom is 0.282 e. The zero-order chi connectivity index (χ0) is 13.3.